The highest BCUT2D eigenvalue weighted by molar-refractivity contribution is 5.94. The summed E-state index contributed by atoms with van der Waals surface area (Å²) in [7, 11) is 0. The summed E-state index contributed by atoms with van der Waals surface area (Å²) in [5, 5.41) is 6.98. The number of rotatable bonds is 0. The van der Waals surface area contributed by atoms with Crippen molar-refractivity contribution >= 4 is 5.71 Å². The SMILES string of the molecule is N=C1C=CC(F)=CC1. The standard InChI is InChI=1S/C6H6FN/c7-5-1-3-6(8)4-2-5/h1-3,8H,4H2. The Bertz CT molecular complexity index is 165. The fourth-order valence-electron chi connectivity index (χ4n) is 0.524. The van der Waals surface area contributed by atoms with Gasteiger partial charge < -0.3 is 5.41 Å². The summed E-state index contributed by atoms with van der Waals surface area (Å²) in [6.45, 7) is 0. The summed E-state index contributed by atoms with van der Waals surface area (Å²) < 4.78 is 12.0. The summed E-state index contributed by atoms with van der Waals surface area (Å²) in [6.07, 6.45) is 4.59. The van der Waals surface area contributed by atoms with Gasteiger partial charge in [-0.1, -0.05) is 0 Å². The van der Waals surface area contributed by atoms with Crippen LogP contribution >= 0.6 is 0 Å². The quantitative estimate of drug-likeness (QED) is 0.493. The maximum absolute atomic E-state index is 12.0. The Morgan fingerprint density at radius 2 is 2.25 bits per heavy atom. The molecule has 0 unspecified atom stereocenters. The van der Waals surface area contributed by atoms with Gasteiger partial charge in [-0.3, -0.25) is 0 Å². The molecule has 8 heavy (non-hydrogen) atoms. The van der Waals surface area contributed by atoms with E-state index in [0.717, 1.165) is 0 Å². The topological polar surface area (TPSA) is 23.9 Å². The Hall–Kier alpha value is -0.920. The number of halogens is 1. The zero-order chi connectivity index (χ0) is 5.98. The minimum Gasteiger partial charge on any atom is -0.305 e. The molecule has 0 radical (unpaired) electrons. The van der Waals surface area contributed by atoms with E-state index in [1.807, 2.05) is 0 Å². The first-order valence-corrected chi connectivity index (χ1v) is 2.40. The average Bonchev–Trinajstić information content (AvgIpc) is 1.77. The van der Waals surface area contributed by atoms with Crippen molar-refractivity contribution in [1.29, 1.82) is 5.41 Å². The van der Waals surface area contributed by atoms with Crippen LogP contribution in [-0.2, 0) is 0 Å². The number of hydrogen-bond donors (Lipinski definition) is 1. The smallest absolute Gasteiger partial charge is 0.119 e. The lowest BCUT2D eigenvalue weighted by molar-refractivity contribution is 0.662. The first-order chi connectivity index (χ1) is 3.79. The van der Waals surface area contributed by atoms with Crippen molar-refractivity contribution in [2.45, 2.75) is 6.42 Å². The van der Waals surface area contributed by atoms with E-state index in [4.69, 9.17) is 5.41 Å². The van der Waals surface area contributed by atoms with Crippen LogP contribution in [0.1, 0.15) is 6.42 Å². The lowest BCUT2D eigenvalue weighted by atomic mass is 10.1. The molecule has 0 aliphatic heterocycles. The lowest BCUT2D eigenvalue weighted by Gasteiger charge is -1.96. The molecule has 0 fully saturated rings. The van der Waals surface area contributed by atoms with E-state index in [9.17, 15) is 4.39 Å². The number of hydrogen-bond acceptors (Lipinski definition) is 1. The van der Waals surface area contributed by atoms with Crippen molar-refractivity contribution in [1.82, 2.24) is 0 Å². The molecule has 0 aromatic carbocycles. The van der Waals surface area contributed by atoms with E-state index in [1.54, 1.807) is 0 Å². The molecule has 1 nitrogen and oxygen atoms in total. The molecule has 1 aliphatic rings. The Morgan fingerprint density at radius 3 is 2.62 bits per heavy atom. The highest BCUT2D eigenvalue weighted by Crippen LogP contribution is 2.06. The predicted molar refractivity (Wildman–Crippen MR) is 30.7 cm³/mol. The average molecular weight is 111 g/mol. The Labute approximate surface area is 47.0 Å². The molecule has 1 N–H and O–H groups in total. The molecule has 1 aliphatic carbocycles. The summed E-state index contributed by atoms with van der Waals surface area (Å²) in [4.78, 5) is 0. The van der Waals surface area contributed by atoms with Crippen LogP contribution in [-0.4, -0.2) is 5.71 Å². The van der Waals surface area contributed by atoms with Gasteiger partial charge in [0, 0.05) is 12.1 Å². The van der Waals surface area contributed by atoms with Gasteiger partial charge in [-0.2, -0.15) is 0 Å². The van der Waals surface area contributed by atoms with E-state index in [0.29, 0.717) is 12.1 Å². The molecule has 0 aromatic heterocycles. The molecule has 42 valence electrons. The second-order valence-corrected chi connectivity index (χ2v) is 1.65. The molecule has 0 bridgehead atoms. The van der Waals surface area contributed by atoms with Gasteiger partial charge in [0.15, 0.2) is 0 Å². The predicted octanol–water partition coefficient (Wildman–Crippen LogP) is 1.82. The Kier molecular flexibility index (Phi) is 1.24. The highest BCUT2D eigenvalue weighted by atomic mass is 19.1. The number of allylic oxidation sites excluding steroid dienone is 4. The van der Waals surface area contributed by atoms with Crippen LogP contribution in [0.2, 0.25) is 0 Å². The van der Waals surface area contributed by atoms with Crippen LogP contribution in [0.4, 0.5) is 4.39 Å². The van der Waals surface area contributed by atoms with Gasteiger partial charge in [0.2, 0.25) is 0 Å². The molecule has 1 rings (SSSR count). The Balaban J connectivity index is 2.71. The lowest BCUT2D eigenvalue weighted by Crippen LogP contribution is -1.92. The van der Waals surface area contributed by atoms with Gasteiger partial charge >= 0.3 is 0 Å². The zero-order valence-electron chi connectivity index (χ0n) is 4.32. The van der Waals surface area contributed by atoms with Crippen molar-refractivity contribution in [2.24, 2.45) is 0 Å². The molecule has 2 heteroatoms. The maximum Gasteiger partial charge on any atom is 0.119 e. The molecule has 0 amide bonds. The van der Waals surface area contributed by atoms with Gasteiger partial charge in [-0.25, -0.2) is 4.39 Å². The second kappa shape index (κ2) is 1.90. The van der Waals surface area contributed by atoms with E-state index < -0.39 is 0 Å². The van der Waals surface area contributed by atoms with Crippen LogP contribution in [0.5, 0.6) is 0 Å². The van der Waals surface area contributed by atoms with E-state index in [-0.39, 0.29) is 5.83 Å². The van der Waals surface area contributed by atoms with Crippen LogP contribution in [0.3, 0.4) is 0 Å². The van der Waals surface area contributed by atoms with Crippen molar-refractivity contribution in [3.05, 3.63) is 24.1 Å². The first kappa shape index (κ1) is 5.22. The third-order valence-corrected chi connectivity index (χ3v) is 0.961. The van der Waals surface area contributed by atoms with Gasteiger partial charge in [-0.15, -0.1) is 0 Å². The molecule has 0 heterocycles. The zero-order valence-corrected chi connectivity index (χ0v) is 4.32. The third-order valence-electron chi connectivity index (χ3n) is 0.961. The normalized spacial score (nSPS) is 18.6. The van der Waals surface area contributed by atoms with Gasteiger partial charge in [0.1, 0.15) is 5.83 Å². The van der Waals surface area contributed by atoms with Crippen molar-refractivity contribution < 1.29 is 4.39 Å². The largest absolute Gasteiger partial charge is 0.305 e. The second-order valence-electron chi connectivity index (χ2n) is 1.65. The van der Waals surface area contributed by atoms with Crippen LogP contribution in [0, 0.1) is 5.41 Å². The van der Waals surface area contributed by atoms with E-state index >= 15 is 0 Å². The highest BCUT2D eigenvalue weighted by Gasteiger charge is 1.96. The monoisotopic (exact) mass is 111 g/mol. The van der Waals surface area contributed by atoms with E-state index in [2.05, 4.69) is 0 Å². The third kappa shape index (κ3) is 1.03. The summed E-state index contributed by atoms with van der Waals surface area (Å²) >= 11 is 0. The van der Waals surface area contributed by atoms with Crippen LogP contribution < -0.4 is 0 Å². The molecule has 0 aromatic rings. The molecular formula is C6H6FN. The first-order valence-electron chi connectivity index (χ1n) is 2.40. The number of nitrogens with one attached hydrogen (secondary N) is 1. The van der Waals surface area contributed by atoms with Gasteiger partial charge in [0.05, 0.1) is 0 Å². The van der Waals surface area contributed by atoms with Crippen molar-refractivity contribution in [3.63, 3.8) is 0 Å². The van der Waals surface area contributed by atoms with Gasteiger partial charge in [0.25, 0.3) is 0 Å². The summed E-state index contributed by atoms with van der Waals surface area (Å²) in [5.41, 5.74) is 0.464. The fourth-order valence-corrected chi connectivity index (χ4v) is 0.524. The molecule has 0 atom stereocenters. The molecular weight excluding hydrogens is 105 g/mol. The van der Waals surface area contributed by atoms with Crippen molar-refractivity contribution in [3.8, 4) is 0 Å². The van der Waals surface area contributed by atoms with Gasteiger partial charge in [-0.05, 0) is 18.2 Å². The minimum atomic E-state index is -0.235. The maximum atomic E-state index is 12.0. The van der Waals surface area contributed by atoms with Crippen LogP contribution in [0.25, 0.3) is 0 Å². The minimum absolute atomic E-state index is 0.235. The van der Waals surface area contributed by atoms with Crippen LogP contribution in [0.15, 0.2) is 24.1 Å². The fraction of sp³-hybridized carbons (Fsp3) is 0.167. The van der Waals surface area contributed by atoms with E-state index in [1.165, 1.54) is 18.2 Å². The molecule has 0 saturated heterocycles. The summed E-state index contributed by atoms with van der Waals surface area (Å²) in [5.74, 6) is -0.235. The summed E-state index contributed by atoms with van der Waals surface area (Å²) in [6, 6.07) is 0. The Morgan fingerprint density at radius 1 is 1.50 bits per heavy atom. The molecule has 0 spiro atoms. The van der Waals surface area contributed by atoms with Crippen molar-refractivity contribution in [2.75, 3.05) is 0 Å². The molecule has 0 saturated carbocycles.